The van der Waals surface area contributed by atoms with E-state index in [1.165, 1.54) is 6.42 Å². The minimum atomic E-state index is -0.656. The summed E-state index contributed by atoms with van der Waals surface area (Å²) in [5.41, 5.74) is -0.365. The molecule has 2 fully saturated rings. The number of carbonyl (C=O) groups is 1. The summed E-state index contributed by atoms with van der Waals surface area (Å²) >= 11 is 0. The summed E-state index contributed by atoms with van der Waals surface area (Å²) in [4.78, 5) is 11.6. The normalized spacial score (nSPS) is 41.7. The Kier molecular flexibility index (Phi) is 2.77. The Morgan fingerprint density at radius 1 is 1.38 bits per heavy atom. The van der Waals surface area contributed by atoms with Crippen molar-refractivity contribution in [3.05, 3.63) is 0 Å². The lowest BCUT2D eigenvalue weighted by Crippen LogP contribution is -2.59. The van der Waals surface area contributed by atoms with Crippen LogP contribution < -0.4 is 5.32 Å². The molecule has 2 aliphatic rings. The summed E-state index contributed by atoms with van der Waals surface area (Å²) in [6, 6.07) is 0.393. The van der Waals surface area contributed by atoms with Crippen molar-refractivity contribution >= 4 is 5.97 Å². The summed E-state index contributed by atoms with van der Waals surface area (Å²) in [7, 11) is 0. The first-order valence-electron chi connectivity index (χ1n) is 6.39. The standard InChI is InChI=1S/C13H23NO2/c1-9-6-4-5-7-13(9,11(15)16)14-10-8-12(10,2)3/h9-10,14H,4-8H2,1-3H3,(H,15,16). The van der Waals surface area contributed by atoms with Crippen LogP contribution in [0.15, 0.2) is 0 Å². The van der Waals surface area contributed by atoms with E-state index in [2.05, 4.69) is 26.1 Å². The molecule has 2 aliphatic carbocycles. The molecule has 0 aliphatic heterocycles. The number of nitrogens with one attached hydrogen (secondary N) is 1. The molecule has 2 saturated carbocycles. The molecule has 3 nitrogen and oxygen atoms in total. The highest BCUT2D eigenvalue weighted by Crippen LogP contribution is 2.47. The van der Waals surface area contributed by atoms with Gasteiger partial charge in [0, 0.05) is 6.04 Å². The molecule has 2 N–H and O–H groups in total. The summed E-state index contributed by atoms with van der Waals surface area (Å²) < 4.78 is 0. The Hall–Kier alpha value is -0.570. The van der Waals surface area contributed by atoms with Gasteiger partial charge in [-0.05, 0) is 30.6 Å². The van der Waals surface area contributed by atoms with Gasteiger partial charge < -0.3 is 5.11 Å². The Bertz CT molecular complexity index is 300. The largest absolute Gasteiger partial charge is 0.480 e. The van der Waals surface area contributed by atoms with E-state index in [0.29, 0.717) is 11.5 Å². The predicted molar refractivity (Wildman–Crippen MR) is 63.3 cm³/mol. The van der Waals surface area contributed by atoms with Crippen molar-refractivity contribution in [1.29, 1.82) is 0 Å². The van der Waals surface area contributed by atoms with Crippen molar-refractivity contribution in [2.45, 2.75) is 64.5 Å². The molecule has 3 heteroatoms. The molecule has 92 valence electrons. The molecular weight excluding hydrogens is 202 g/mol. The maximum Gasteiger partial charge on any atom is 0.324 e. The minimum Gasteiger partial charge on any atom is -0.480 e. The van der Waals surface area contributed by atoms with Crippen LogP contribution in [0.2, 0.25) is 0 Å². The van der Waals surface area contributed by atoms with Gasteiger partial charge in [0.25, 0.3) is 0 Å². The van der Waals surface area contributed by atoms with E-state index in [9.17, 15) is 9.90 Å². The Morgan fingerprint density at radius 2 is 2.00 bits per heavy atom. The maximum atomic E-state index is 11.6. The third kappa shape index (κ3) is 1.86. The zero-order chi connectivity index (χ0) is 12.0. The molecule has 0 amide bonds. The first-order chi connectivity index (χ1) is 7.38. The van der Waals surface area contributed by atoms with E-state index in [1.807, 2.05) is 0 Å². The van der Waals surface area contributed by atoms with Gasteiger partial charge in [-0.1, -0.05) is 33.6 Å². The van der Waals surface area contributed by atoms with Gasteiger partial charge in [-0.3, -0.25) is 10.1 Å². The fourth-order valence-electron chi connectivity index (χ4n) is 2.97. The summed E-state index contributed by atoms with van der Waals surface area (Å²) in [6.07, 6.45) is 5.14. The topological polar surface area (TPSA) is 49.3 Å². The smallest absolute Gasteiger partial charge is 0.324 e. The van der Waals surface area contributed by atoms with Gasteiger partial charge in [0.1, 0.15) is 5.54 Å². The van der Waals surface area contributed by atoms with E-state index < -0.39 is 11.5 Å². The number of hydrogen-bond donors (Lipinski definition) is 2. The van der Waals surface area contributed by atoms with Crippen molar-refractivity contribution in [3.63, 3.8) is 0 Å². The fraction of sp³-hybridized carbons (Fsp3) is 0.923. The van der Waals surface area contributed by atoms with Gasteiger partial charge in [-0.2, -0.15) is 0 Å². The molecule has 0 bridgehead atoms. The molecule has 0 saturated heterocycles. The van der Waals surface area contributed by atoms with Crippen LogP contribution >= 0.6 is 0 Å². The second-order valence-electron chi connectivity index (χ2n) is 6.31. The molecule has 0 aromatic rings. The molecule has 0 radical (unpaired) electrons. The number of carboxylic acids is 1. The van der Waals surface area contributed by atoms with Crippen LogP contribution in [0.5, 0.6) is 0 Å². The van der Waals surface area contributed by atoms with Crippen molar-refractivity contribution in [2.24, 2.45) is 11.3 Å². The van der Waals surface area contributed by atoms with Crippen molar-refractivity contribution < 1.29 is 9.90 Å². The zero-order valence-electron chi connectivity index (χ0n) is 10.5. The van der Waals surface area contributed by atoms with Crippen molar-refractivity contribution in [1.82, 2.24) is 5.32 Å². The van der Waals surface area contributed by atoms with Crippen LogP contribution in [0.25, 0.3) is 0 Å². The van der Waals surface area contributed by atoms with Crippen LogP contribution in [-0.4, -0.2) is 22.7 Å². The van der Waals surface area contributed by atoms with Crippen LogP contribution in [0.1, 0.15) is 52.9 Å². The number of aliphatic carboxylic acids is 1. The van der Waals surface area contributed by atoms with Gasteiger partial charge in [-0.25, -0.2) is 0 Å². The predicted octanol–water partition coefficient (Wildman–Crippen LogP) is 2.41. The van der Waals surface area contributed by atoms with Gasteiger partial charge in [0.15, 0.2) is 0 Å². The molecular formula is C13H23NO2. The van der Waals surface area contributed by atoms with Crippen molar-refractivity contribution in [3.8, 4) is 0 Å². The number of rotatable bonds is 3. The maximum absolute atomic E-state index is 11.6. The van der Waals surface area contributed by atoms with E-state index in [0.717, 1.165) is 25.7 Å². The number of hydrogen-bond acceptors (Lipinski definition) is 2. The molecule has 2 rings (SSSR count). The van der Waals surface area contributed by atoms with Crippen LogP contribution in [0.3, 0.4) is 0 Å². The Morgan fingerprint density at radius 3 is 2.44 bits per heavy atom. The van der Waals surface area contributed by atoms with E-state index in [4.69, 9.17) is 0 Å². The highest BCUT2D eigenvalue weighted by atomic mass is 16.4. The third-order valence-electron chi connectivity index (χ3n) is 4.63. The van der Waals surface area contributed by atoms with Crippen LogP contribution in [0.4, 0.5) is 0 Å². The zero-order valence-corrected chi connectivity index (χ0v) is 10.5. The van der Waals surface area contributed by atoms with E-state index >= 15 is 0 Å². The number of carboxylic acid groups (broad SMARTS) is 1. The molecule has 0 aromatic heterocycles. The van der Waals surface area contributed by atoms with Gasteiger partial charge >= 0.3 is 5.97 Å². The van der Waals surface area contributed by atoms with Crippen LogP contribution in [-0.2, 0) is 4.79 Å². The molecule has 0 spiro atoms. The fourth-order valence-corrected chi connectivity index (χ4v) is 2.97. The molecule has 3 atom stereocenters. The van der Waals surface area contributed by atoms with E-state index in [-0.39, 0.29) is 5.92 Å². The highest BCUT2D eigenvalue weighted by molar-refractivity contribution is 5.79. The lowest BCUT2D eigenvalue weighted by atomic mass is 9.73. The van der Waals surface area contributed by atoms with Gasteiger partial charge in [0.05, 0.1) is 0 Å². The minimum absolute atomic E-state index is 0.246. The van der Waals surface area contributed by atoms with Crippen LogP contribution in [0, 0.1) is 11.3 Å². The summed E-state index contributed by atoms with van der Waals surface area (Å²) in [5.74, 6) is -0.405. The molecule has 0 heterocycles. The Balaban J connectivity index is 2.12. The van der Waals surface area contributed by atoms with Crippen molar-refractivity contribution in [2.75, 3.05) is 0 Å². The first-order valence-corrected chi connectivity index (χ1v) is 6.39. The lowest BCUT2D eigenvalue weighted by Gasteiger charge is -2.40. The SMILES string of the molecule is CC1CCCCC1(NC1CC1(C)C)C(=O)O. The van der Waals surface area contributed by atoms with Gasteiger partial charge in [0.2, 0.25) is 0 Å². The molecule has 16 heavy (non-hydrogen) atoms. The quantitative estimate of drug-likeness (QED) is 0.775. The third-order valence-corrected chi connectivity index (χ3v) is 4.63. The second-order valence-corrected chi connectivity index (χ2v) is 6.31. The lowest BCUT2D eigenvalue weighted by molar-refractivity contribution is -0.149. The average Bonchev–Trinajstić information content (AvgIpc) is 2.77. The summed E-state index contributed by atoms with van der Waals surface area (Å²) in [6.45, 7) is 6.48. The molecule has 3 unspecified atom stereocenters. The summed E-state index contributed by atoms with van der Waals surface area (Å²) in [5, 5.41) is 13.0. The van der Waals surface area contributed by atoms with E-state index in [1.54, 1.807) is 0 Å². The van der Waals surface area contributed by atoms with Gasteiger partial charge in [-0.15, -0.1) is 0 Å². The second kappa shape index (κ2) is 3.73. The first kappa shape index (κ1) is 11.9. The Labute approximate surface area is 97.6 Å². The highest BCUT2D eigenvalue weighted by Gasteiger charge is 2.54. The molecule has 0 aromatic carbocycles. The average molecular weight is 225 g/mol. The monoisotopic (exact) mass is 225 g/mol.